The van der Waals surface area contributed by atoms with Gasteiger partial charge in [0.15, 0.2) is 0 Å². The van der Waals surface area contributed by atoms with Crippen molar-refractivity contribution in [3.8, 4) is 12.3 Å². The minimum Gasteiger partial charge on any atom is -0.444 e. The van der Waals surface area contributed by atoms with Crippen LogP contribution in [0.1, 0.15) is 85.9 Å². The number of terminal acetylenes is 1. The maximum Gasteiger partial charge on any atom is 0.408 e. The van der Waals surface area contributed by atoms with Crippen molar-refractivity contribution in [2.75, 3.05) is 12.0 Å². The summed E-state index contributed by atoms with van der Waals surface area (Å²) >= 11 is 1.57. The predicted molar refractivity (Wildman–Crippen MR) is 148 cm³/mol. The van der Waals surface area contributed by atoms with Crippen LogP contribution in [0.3, 0.4) is 0 Å². The first-order valence-corrected chi connectivity index (χ1v) is 13.5. The number of rotatable bonds is 8. The van der Waals surface area contributed by atoms with E-state index < -0.39 is 34.9 Å². The van der Waals surface area contributed by atoms with Gasteiger partial charge >= 0.3 is 6.09 Å². The van der Waals surface area contributed by atoms with Crippen LogP contribution in [-0.4, -0.2) is 57.5 Å². The molecule has 0 aliphatic heterocycles. The number of thioether (sulfide) groups is 1. The van der Waals surface area contributed by atoms with Gasteiger partial charge in [0, 0.05) is 16.6 Å². The van der Waals surface area contributed by atoms with E-state index in [0.717, 1.165) is 0 Å². The van der Waals surface area contributed by atoms with E-state index in [4.69, 9.17) is 11.2 Å². The zero-order valence-electron chi connectivity index (χ0n) is 23.4. The average Bonchev–Trinajstić information content (AvgIpc) is 2.71. The average molecular weight is 518 g/mol. The van der Waals surface area contributed by atoms with Crippen molar-refractivity contribution in [3.05, 3.63) is 35.4 Å². The standard InChI is InChI=1S/C28H43N3O4S/c1-12-19-13-15-20(16-14-19)22(23(32)30-26(2,3)4)31(27(5,6)7)24(33)21(17-18-36-11)29-25(34)35-28(8,9)10/h1,13-16,21-22H,17-18H2,2-11H3,(H,29,34)(H,30,32). The van der Waals surface area contributed by atoms with Gasteiger partial charge in [0.05, 0.1) is 0 Å². The van der Waals surface area contributed by atoms with Gasteiger partial charge in [-0.15, -0.1) is 6.42 Å². The lowest BCUT2D eigenvalue weighted by Crippen LogP contribution is -2.59. The second kappa shape index (κ2) is 12.5. The van der Waals surface area contributed by atoms with Gasteiger partial charge in [-0.1, -0.05) is 18.1 Å². The summed E-state index contributed by atoms with van der Waals surface area (Å²) in [4.78, 5) is 42.0. The van der Waals surface area contributed by atoms with Crippen LogP contribution >= 0.6 is 11.8 Å². The SMILES string of the molecule is C#Cc1ccc(C(C(=O)NC(C)(C)C)N(C(=O)C(CCSC)NC(=O)OC(C)(C)C)C(C)(C)C)cc1. The second-order valence-electron chi connectivity index (χ2n) is 11.8. The van der Waals surface area contributed by atoms with Gasteiger partial charge in [-0.3, -0.25) is 9.59 Å². The maximum atomic E-state index is 14.1. The third-order valence-corrected chi connectivity index (χ3v) is 5.60. The lowest BCUT2D eigenvalue weighted by atomic mass is 9.94. The third-order valence-electron chi connectivity index (χ3n) is 4.96. The Kier molecular flexibility index (Phi) is 10.9. The minimum atomic E-state index is -0.944. The molecule has 1 aromatic rings. The van der Waals surface area contributed by atoms with E-state index in [2.05, 4.69) is 16.6 Å². The Labute approximate surface area is 221 Å². The van der Waals surface area contributed by atoms with Crippen molar-refractivity contribution in [3.63, 3.8) is 0 Å². The number of hydrogen-bond donors (Lipinski definition) is 2. The van der Waals surface area contributed by atoms with Gasteiger partial charge in [0.2, 0.25) is 11.8 Å². The molecule has 0 aromatic heterocycles. The summed E-state index contributed by atoms with van der Waals surface area (Å²) < 4.78 is 5.42. The highest BCUT2D eigenvalue weighted by molar-refractivity contribution is 7.98. The molecule has 2 atom stereocenters. The number of ether oxygens (including phenoxy) is 1. The second-order valence-corrected chi connectivity index (χ2v) is 12.8. The Morgan fingerprint density at radius 2 is 1.58 bits per heavy atom. The van der Waals surface area contributed by atoms with Crippen molar-refractivity contribution in [1.29, 1.82) is 0 Å². The van der Waals surface area contributed by atoms with Crippen molar-refractivity contribution < 1.29 is 19.1 Å². The van der Waals surface area contributed by atoms with E-state index in [1.807, 2.05) is 47.8 Å². The molecular formula is C28H43N3O4S. The number of nitrogens with one attached hydrogen (secondary N) is 2. The predicted octanol–water partition coefficient (Wildman–Crippen LogP) is 4.90. The minimum absolute atomic E-state index is 0.319. The molecule has 200 valence electrons. The van der Waals surface area contributed by atoms with Crippen molar-refractivity contribution in [1.82, 2.24) is 15.5 Å². The molecule has 0 aliphatic rings. The van der Waals surface area contributed by atoms with Crippen molar-refractivity contribution in [2.45, 2.75) is 97.5 Å². The van der Waals surface area contributed by atoms with E-state index in [0.29, 0.717) is 23.3 Å². The van der Waals surface area contributed by atoms with Crippen LogP contribution in [0.5, 0.6) is 0 Å². The topological polar surface area (TPSA) is 87.7 Å². The summed E-state index contributed by atoms with van der Waals surface area (Å²) in [6.45, 7) is 16.6. The van der Waals surface area contributed by atoms with Gasteiger partial charge in [-0.25, -0.2) is 4.79 Å². The van der Waals surface area contributed by atoms with Crippen molar-refractivity contribution in [2.24, 2.45) is 0 Å². The van der Waals surface area contributed by atoms with Gasteiger partial charge < -0.3 is 20.3 Å². The van der Waals surface area contributed by atoms with Gasteiger partial charge in [-0.2, -0.15) is 11.8 Å². The Hall–Kier alpha value is -2.66. The Morgan fingerprint density at radius 3 is 2.00 bits per heavy atom. The van der Waals surface area contributed by atoms with Crippen molar-refractivity contribution >= 4 is 29.7 Å². The van der Waals surface area contributed by atoms with Gasteiger partial charge in [0.1, 0.15) is 17.7 Å². The van der Waals surface area contributed by atoms with Crippen LogP contribution in [-0.2, 0) is 14.3 Å². The third kappa shape index (κ3) is 10.1. The van der Waals surface area contributed by atoms with Crippen LogP contribution in [0, 0.1) is 12.3 Å². The number of hydrogen-bond acceptors (Lipinski definition) is 5. The summed E-state index contributed by atoms with van der Waals surface area (Å²) in [5.74, 6) is 2.54. The lowest BCUT2D eigenvalue weighted by Gasteiger charge is -2.43. The van der Waals surface area contributed by atoms with Crippen LogP contribution in [0.4, 0.5) is 4.79 Å². The van der Waals surface area contributed by atoms with Crippen LogP contribution in [0.25, 0.3) is 0 Å². The first kappa shape index (κ1) is 31.4. The molecule has 2 N–H and O–H groups in total. The molecule has 0 spiro atoms. The van der Waals surface area contributed by atoms with E-state index in [1.165, 1.54) is 0 Å². The Balaban J connectivity index is 3.59. The fourth-order valence-corrected chi connectivity index (χ4v) is 4.04. The molecule has 36 heavy (non-hydrogen) atoms. The molecule has 0 saturated carbocycles. The fourth-order valence-electron chi connectivity index (χ4n) is 3.57. The van der Waals surface area contributed by atoms with E-state index in [1.54, 1.807) is 61.7 Å². The quantitative estimate of drug-likeness (QED) is 0.479. The molecule has 1 aromatic carbocycles. The molecule has 0 heterocycles. The summed E-state index contributed by atoms with van der Waals surface area (Å²) in [5.41, 5.74) is -0.691. The highest BCUT2D eigenvalue weighted by Gasteiger charge is 2.42. The number of nitrogens with zero attached hydrogens (tertiary/aromatic N) is 1. The largest absolute Gasteiger partial charge is 0.444 e. The van der Waals surface area contributed by atoms with Crippen LogP contribution in [0.15, 0.2) is 24.3 Å². The lowest BCUT2D eigenvalue weighted by molar-refractivity contribution is -0.149. The summed E-state index contributed by atoms with van der Waals surface area (Å²) in [5, 5.41) is 5.77. The van der Waals surface area contributed by atoms with Crippen LogP contribution in [0.2, 0.25) is 0 Å². The zero-order valence-corrected chi connectivity index (χ0v) is 24.3. The smallest absolute Gasteiger partial charge is 0.408 e. The van der Waals surface area contributed by atoms with E-state index in [9.17, 15) is 14.4 Å². The first-order valence-electron chi connectivity index (χ1n) is 12.1. The Morgan fingerprint density at radius 1 is 1.03 bits per heavy atom. The number of amides is 3. The molecule has 0 saturated heterocycles. The summed E-state index contributed by atoms with van der Waals surface area (Å²) in [7, 11) is 0. The fraction of sp³-hybridized carbons (Fsp3) is 0.607. The number of alkyl carbamates (subject to hydrolysis) is 1. The molecule has 8 heteroatoms. The van der Waals surface area contributed by atoms with E-state index in [-0.39, 0.29) is 11.8 Å². The maximum absolute atomic E-state index is 14.1. The molecular weight excluding hydrogens is 474 g/mol. The highest BCUT2D eigenvalue weighted by atomic mass is 32.2. The molecule has 2 unspecified atom stereocenters. The highest BCUT2D eigenvalue weighted by Crippen LogP contribution is 2.31. The number of benzene rings is 1. The Bertz CT molecular complexity index is 947. The summed E-state index contributed by atoms with van der Waals surface area (Å²) in [6.07, 6.45) is 7.17. The van der Waals surface area contributed by atoms with Gasteiger partial charge in [-0.05, 0) is 98.4 Å². The molecule has 7 nitrogen and oxygen atoms in total. The molecule has 0 aliphatic carbocycles. The molecule has 0 fully saturated rings. The molecule has 1 rings (SSSR count). The number of carbonyl (C=O) groups is 3. The summed E-state index contributed by atoms with van der Waals surface area (Å²) in [6, 6.07) is 5.23. The molecule has 3 amide bonds. The van der Waals surface area contributed by atoms with Gasteiger partial charge in [0.25, 0.3) is 0 Å². The molecule has 0 radical (unpaired) electrons. The van der Waals surface area contributed by atoms with Crippen LogP contribution < -0.4 is 10.6 Å². The normalized spacial score (nSPS) is 13.7. The first-order chi connectivity index (χ1) is 16.4. The molecule has 0 bridgehead atoms. The monoisotopic (exact) mass is 517 g/mol. The van der Waals surface area contributed by atoms with E-state index >= 15 is 0 Å². The zero-order chi connectivity index (χ0) is 27.9. The number of carbonyl (C=O) groups excluding carboxylic acids is 3.